The number of nitrogens with two attached hydrogens (primary N) is 1. The summed E-state index contributed by atoms with van der Waals surface area (Å²) in [7, 11) is -1.83. The van der Waals surface area contributed by atoms with E-state index < -0.39 is 8.25 Å². The van der Waals surface area contributed by atoms with Crippen molar-refractivity contribution in [3.05, 3.63) is 0 Å². The van der Waals surface area contributed by atoms with Gasteiger partial charge in [0, 0.05) is 4.57 Å². The van der Waals surface area contributed by atoms with Crippen molar-refractivity contribution in [1.29, 1.82) is 0 Å². The van der Waals surface area contributed by atoms with Crippen molar-refractivity contribution in [2.45, 2.75) is 27.2 Å². The van der Waals surface area contributed by atoms with Gasteiger partial charge in [-0.2, -0.15) is 0 Å². The van der Waals surface area contributed by atoms with Crippen molar-refractivity contribution in [3.8, 4) is 0 Å². The van der Waals surface area contributed by atoms with E-state index in [2.05, 4.69) is 21.3 Å². The minimum atomic E-state index is -1.83. The lowest BCUT2D eigenvalue weighted by molar-refractivity contribution is 0.243. The molecule has 6 heteroatoms. The lowest BCUT2D eigenvalue weighted by atomic mass is 10.4. The van der Waals surface area contributed by atoms with Gasteiger partial charge < -0.3 is 11.1 Å². The Balaban J connectivity index is 0. The van der Waals surface area contributed by atoms with Crippen LogP contribution in [0, 0.1) is 0 Å². The fourth-order valence-corrected chi connectivity index (χ4v) is 1.15. The van der Waals surface area contributed by atoms with Crippen molar-refractivity contribution in [3.63, 3.8) is 0 Å². The molecular weight excluding hydrogens is 215 g/mol. The summed E-state index contributed by atoms with van der Waals surface area (Å²) in [5, 5.41) is 3.17. The van der Waals surface area contributed by atoms with Crippen LogP contribution in [0.3, 0.4) is 0 Å². The summed E-state index contributed by atoms with van der Waals surface area (Å²) in [5.74, 6) is 0. The summed E-state index contributed by atoms with van der Waals surface area (Å²) >= 11 is 0. The van der Waals surface area contributed by atoms with Crippen LogP contribution < -0.4 is 11.1 Å². The van der Waals surface area contributed by atoms with E-state index in [1.807, 2.05) is 0 Å². The molecule has 0 heterocycles. The van der Waals surface area contributed by atoms with E-state index in [0.29, 0.717) is 13.2 Å². The van der Waals surface area contributed by atoms with Gasteiger partial charge in [-0.3, -0.25) is 0 Å². The molecule has 0 amide bonds. The standard InChI is InChI=1S/C5H14N2.C4H10O3P/c1-2-7-5-3-4-6;1-3-6-8(5)7-4-2/h7H,2-6H2,1H3;3-4H2,1-2H3/q;+1. The summed E-state index contributed by atoms with van der Waals surface area (Å²) in [6.45, 7) is 9.43. The van der Waals surface area contributed by atoms with E-state index >= 15 is 0 Å². The van der Waals surface area contributed by atoms with Gasteiger partial charge in [-0.05, 0) is 39.9 Å². The molecule has 0 unspecified atom stereocenters. The molecule has 0 radical (unpaired) electrons. The Bertz CT molecular complexity index is 125. The Morgan fingerprint density at radius 3 is 2.07 bits per heavy atom. The molecule has 0 spiro atoms. The molecule has 5 nitrogen and oxygen atoms in total. The normalized spacial score (nSPS) is 9.33. The van der Waals surface area contributed by atoms with Crippen molar-refractivity contribution < 1.29 is 13.6 Å². The second-order valence-corrected chi connectivity index (χ2v) is 3.52. The molecule has 0 bridgehead atoms. The smallest absolute Gasteiger partial charge is 0.330 e. The molecule has 0 aromatic heterocycles. The molecule has 0 aromatic rings. The van der Waals surface area contributed by atoms with Gasteiger partial charge in [0.25, 0.3) is 0 Å². The van der Waals surface area contributed by atoms with Gasteiger partial charge in [0.15, 0.2) is 0 Å². The van der Waals surface area contributed by atoms with Crippen molar-refractivity contribution in [2.75, 3.05) is 32.8 Å². The minimum Gasteiger partial charge on any atom is -0.330 e. The monoisotopic (exact) mass is 239 g/mol. The van der Waals surface area contributed by atoms with E-state index in [0.717, 1.165) is 26.1 Å². The number of hydrogen-bond donors (Lipinski definition) is 2. The molecular formula is C9H24N2O3P+. The van der Waals surface area contributed by atoms with E-state index in [1.54, 1.807) is 13.8 Å². The second kappa shape index (κ2) is 16.4. The highest BCUT2D eigenvalue weighted by Crippen LogP contribution is 2.21. The number of hydrogen-bond acceptors (Lipinski definition) is 5. The third kappa shape index (κ3) is 20.1. The average molecular weight is 239 g/mol. The quantitative estimate of drug-likeness (QED) is 0.498. The molecule has 0 aliphatic heterocycles. The Morgan fingerprint density at radius 1 is 1.20 bits per heavy atom. The largest absolute Gasteiger partial charge is 0.697 e. The number of nitrogens with one attached hydrogen (secondary N) is 1. The zero-order chi connectivity index (χ0) is 11.9. The maximum Gasteiger partial charge on any atom is 0.697 e. The Kier molecular flexibility index (Phi) is 18.9. The summed E-state index contributed by atoms with van der Waals surface area (Å²) in [4.78, 5) is 0. The van der Waals surface area contributed by atoms with Crippen LogP contribution in [0.4, 0.5) is 0 Å². The van der Waals surface area contributed by atoms with Gasteiger partial charge >= 0.3 is 8.25 Å². The molecule has 0 saturated carbocycles. The molecule has 15 heavy (non-hydrogen) atoms. The van der Waals surface area contributed by atoms with Crippen LogP contribution in [0.1, 0.15) is 27.2 Å². The van der Waals surface area contributed by atoms with Crippen LogP contribution in [-0.2, 0) is 13.6 Å². The van der Waals surface area contributed by atoms with Crippen molar-refractivity contribution in [2.24, 2.45) is 5.73 Å². The molecule has 92 valence electrons. The first-order valence-corrected chi connectivity index (χ1v) is 6.46. The van der Waals surface area contributed by atoms with Gasteiger partial charge in [-0.1, -0.05) is 6.92 Å². The lowest BCUT2D eigenvalue weighted by Crippen LogP contribution is -2.17. The van der Waals surface area contributed by atoms with Crippen molar-refractivity contribution in [1.82, 2.24) is 5.32 Å². The average Bonchev–Trinajstić information content (AvgIpc) is 2.20. The van der Waals surface area contributed by atoms with Crippen LogP contribution in [0.25, 0.3) is 0 Å². The van der Waals surface area contributed by atoms with E-state index in [9.17, 15) is 4.57 Å². The van der Waals surface area contributed by atoms with E-state index in [1.165, 1.54) is 0 Å². The first-order chi connectivity index (χ1) is 7.22. The lowest BCUT2D eigenvalue weighted by Gasteiger charge is -1.95. The van der Waals surface area contributed by atoms with Crippen molar-refractivity contribution >= 4 is 8.25 Å². The topological polar surface area (TPSA) is 73.6 Å². The summed E-state index contributed by atoms with van der Waals surface area (Å²) in [6, 6.07) is 0. The molecule has 0 atom stereocenters. The third-order valence-corrected chi connectivity index (χ3v) is 2.21. The Hall–Kier alpha value is -0.0600. The highest BCUT2D eigenvalue weighted by molar-refractivity contribution is 7.33. The third-order valence-electron chi connectivity index (χ3n) is 1.28. The summed E-state index contributed by atoms with van der Waals surface area (Å²) in [6.07, 6.45) is 1.09. The van der Waals surface area contributed by atoms with Crippen LogP contribution in [-0.4, -0.2) is 32.8 Å². The first kappa shape index (κ1) is 17.3. The molecule has 0 aliphatic carbocycles. The zero-order valence-electron chi connectivity index (χ0n) is 9.99. The van der Waals surface area contributed by atoms with Crippen LogP contribution in [0.5, 0.6) is 0 Å². The van der Waals surface area contributed by atoms with Crippen LogP contribution in [0.15, 0.2) is 0 Å². The van der Waals surface area contributed by atoms with Gasteiger partial charge in [0.05, 0.1) is 0 Å². The molecule has 0 aliphatic rings. The van der Waals surface area contributed by atoms with Gasteiger partial charge in [0.1, 0.15) is 13.2 Å². The first-order valence-electron chi connectivity index (χ1n) is 5.36. The molecule has 0 rings (SSSR count). The van der Waals surface area contributed by atoms with Gasteiger partial charge in [-0.25, -0.2) is 0 Å². The van der Waals surface area contributed by atoms with Gasteiger partial charge in [0.2, 0.25) is 0 Å². The Morgan fingerprint density at radius 2 is 1.73 bits per heavy atom. The molecule has 0 saturated heterocycles. The fourth-order valence-electron chi connectivity index (χ4n) is 0.652. The van der Waals surface area contributed by atoms with Crippen LogP contribution in [0.2, 0.25) is 0 Å². The second-order valence-electron chi connectivity index (χ2n) is 2.55. The maximum absolute atomic E-state index is 10.3. The minimum absolute atomic E-state index is 0.440. The zero-order valence-corrected chi connectivity index (χ0v) is 10.9. The predicted octanol–water partition coefficient (Wildman–Crippen LogP) is 1.66. The van der Waals surface area contributed by atoms with E-state index in [4.69, 9.17) is 5.73 Å². The Labute approximate surface area is 93.7 Å². The molecule has 0 aromatic carbocycles. The summed E-state index contributed by atoms with van der Waals surface area (Å²) < 4.78 is 19.5. The van der Waals surface area contributed by atoms with Crippen LogP contribution >= 0.6 is 8.25 Å². The van der Waals surface area contributed by atoms with Gasteiger partial charge in [-0.15, -0.1) is 9.05 Å². The fraction of sp³-hybridized carbons (Fsp3) is 1.00. The SMILES string of the molecule is CCNCCCN.CCO[P+](=O)OCC. The van der Waals surface area contributed by atoms with E-state index in [-0.39, 0.29) is 0 Å². The predicted molar refractivity (Wildman–Crippen MR) is 63.1 cm³/mol. The highest BCUT2D eigenvalue weighted by atomic mass is 31.1. The number of rotatable bonds is 8. The summed E-state index contributed by atoms with van der Waals surface area (Å²) in [5.41, 5.74) is 5.23. The molecule has 0 fully saturated rings. The molecule has 3 N–H and O–H groups in total. The highest BCUT2D eigenvalue weighted by Gasteiger charge is 2.15. The maximum atomic E-state index is 10.3.